The molecule has 0 fully saturated rings. The Morgan fingerprint density at radius 1 is 1.55 bits per heavy atom. The molecule has 0 bridgehead atoms. The van der Waals surface area contributed by atoms with Crippen LogP contribution in [-0.4, -0.2) is 29.3 Å². The van der Waals surface area contributed by atoms with E-state index in [1.807, 2.05) is 23.6 Å². The van der Waals surface area contributed by atoms with Gasteiger partial charge in [-0.3, -0.25) is 4.79 Å². The highest BCUT2D eigenvalue weighted by Gasteiger charge is 2.33. The fraction of sp³-hybridized carbons (Fsp3) is 0.308. The van der Waals surface area contributed by atoms with Crippen molar-refractivity contribution in [3.05, 3.63) is 28.4 Å². The lowest BCUT2D eigenvalue weighted by Crippen LogP contribution is -2.43. The van der Waals surface area contributed by atoms with E-state index < -0.39 is 5.91 Å². The van der Waals surface area contributed by atoms with Crippen molar-refractivity contribution in [3.63, 3.8) is 0 Å². The van der Waals surface area contributed by atoms with Crippen LogP contribution >= 0.6 is 20.2 Å². The summed E-state index contributed by atoms with van der Waals surface area (Å²) in [7, 11) is 3.63. The van der Waals surface area contributed by atoms with Crippen LogP contribution in [0.25, 0.3) is 0 Å². The zero-order valence-electron chi connectivity index (χ0n) is 11.4. The maximum absolute atomic E-state index is 11.5. The number of carbonyl (C=O) groups is 1. The highest BCUT2D eigenvalue weighted by Crippen LogP contribution is 2.42. The molecule has 2 heterocycles. The summed E-state index contributed by atoms with van der Waals surface area (Å²) in [6.45, 7) is 8.79. The Labute approximate surface area is 124 Å². The normalized spacial score (nSPS) is 14.2. The zero-order chi connectivity index (χ0) is 15.0. The zero-order valence-corrected chi connectivity index (χ0v) is 13.2. The minimum atomic E-state index is -0.452. The van der Waals surface area contributed by atoms with Gasteiger partial charge in [-0.15, -0.1) is 11.3 Å². The number of nitriles is 1. The fourth-order valence-electron chi connectivity index (χ4n) is 2.30. The van der Waals surface area contributed by atoms with Gasteiger partial charge in [-0.1, -0.05) is 15.4 Å². The van der Waals surface area contributed by atoms with Crippen molar-refractivity contribution in [2.24, 2.45) is 5.73 Å². The van der Waals surface area contributed by atoms with Crippen LogP contribution in [0, 0.1) is 18.3 Å². The molecule has 0 atom stereocenters. The summed E-state index contributed by atoms with van der Waals surface area (Å²) >= 11 is 1.30. The molecule has 2 N–H and O–H groups in total. The second-order valence-corrected chi connectivity index (χ2v) is 5.83. The summed E-state index contributed by atoms with van der Waals surface area (Å²) < 4.78 is 0. The molecule has 0 saturated carbocycles. The molecule has 1 amide bonds. The number of nitrogens with zero attached hydrogens (tertiary/aromatic N) is 3. The summed E-state index contributed by atoms with van der Waals surface area (Å²) in [5, 5.41) is 9.85. The molecule has 1 aliphatic heterocycles. The molecule has 2 rings (SSSR count). The van der Waals surface area contributed by atoms with Crippen molar-refractivity contribution < 1.29 is 4.79 Å². The predicted octanol–water partition coefficient (Wildman–Crippen LogP) is 1.91. The minimum Gasteiger partial charge on any atom is -0.365 e. The quantitative estimate of drug-likeness (QED) is 0.684. The number of hydrogen-bond donors (Lipinski definition) is 1. The van der Waals surface area contributed by atoms with E-state index in [-0.39, 0.29) is 6.54 Å². The predicted molar refractivity (Wildman–Crippen MR) is 84.5 cm³/mol. The molecule has 0 unspecified atom stereocenters. The molecule has 0 radical (unpaired) electrons. The van der Waals surface area contributed by atoms with Crippen molar-refractivity contribution in [3.8, 4) is 6.07 Å². The average molecular weight is 306 g/mol. The first-order valence-electron chi connectivity index (χ1n) is 6.07. The molecule has 5 nitrogen and oxygen atoms in total. The lowest BCUT2D eigenvalue weighted by molar-refractivity contribution is 0.100. The maximum atomic E-state index is 11.5. The lowest BCUT2D eigenvalue weighted by Gasteiger charge is -2.39. The average Bonchev–Trinajstić information content (AvgIpc) is 2.73. The Balaban J connectivity index is 2.69. The molecular formula is C13H15N4OPS. The molecule has 1 aromatic rings. The fourth-order valence-corrected chi connectivity index (χ4v) is 4.17. The Bertz CT molecular complexity index is 658. The van der Waals surface area contributed by atoms with E-state index in [0.717, 1.165) is 21.5 Å². The second-order valence-electron chi connectivity index (χ2n) is 4.35. The topological polar surface area (TPSA) is 73.4 Å². The Morgan fingerprint density at radius 3 is 2.70 bits per heavy atom. The molecule has 1 aliphatic rings. The number of primary amides is 1. The molecule has 104 valence electrons. The standard InChI is InChI=1S/C13H15N4OPS/c1-4-16-8(3)17(6-5-14)13-9(12(16)19)7(2)10(20-13)11(15)18/h19H,3-4,6H2,1-2H3,(H2,15,18). The van der Waals surface area contributed by atoms with Gasteiger partial charge in [-0.25, -0.2) is 0 Å². The largest absolute Gasteiger partial charge is 0.365 e. The van der Waals surface area contributed by atoms with E-state index in [0.29, 0.717) is 17.2 Å². The first-order chi connectivity index (χ1) is 9.43. The van der Waals surface area contributed by atoms with Gasteiger partial charge in [0, 0.05) is 12.1 Å². The number of carbonyl (C=O) groups excluding carboxylic acids is 1. The van der Waals surface area contributed by atoms with Crippen LogP contribution in [0.3, 0.4) is 0 Å². The van der Waals surface area contributed by atoms with Crippen molar-refractivity contribution >= 4 is 36.5 Å². The summed E-state index contributed by atoms with van der Waals surface area (Å²) in [5.74, 6) is 0.260. The number of rotatable bonds is 3. The number of nitrogens with two attached hydrogens (primary N) is 1. The molecule has 0 aliphatic carbocycles. The third kappa shape index (κ3) is 2.00. The van der Waals surface area contributed by atoms with Crippen LogP contribution in [0.4, 0.5) is 5.00 Å². The maximum Gasteiger partial charge on any atom is 0.259 e. The van der Waals surface area contributed by atoms with Crippen LogP contribution in [0.2, 0.25) is 0 Å². The highest BCUT2D eigenvalue weighted by atomic mass is 32.1. The third-order valence-electron chi connectivity index (χ3n) is 3.27. The SMILES string of the molecule is C=C1N(CC)C(=P)c2c(sc(C(N)=O)c2C)N1CC#N. The monoisotopic (exact) mass is 306 g/mol. The van der Waals surface area contributed by atoms with Crippen LogP contribution in [-0.2, 0) is 0 Å². The summed E-state index contributed by atoms with van der Waals surface area (Å²) in [6, 6.07) is 2.13. The first kappa shape index (κ1) is 14.6. The van der Waals surface area contributed by atoms with E-state index in [1.165, 1.54) is 11.3 Å². The van der Waals surface area contributed by atoms with Crippen LogP contribution in [0.1, 0.15) is 27.7 Å². The van der Waals surface area contributed by atoms with E-state index >= 15 is 0 Å². The van der Waals surface area contributed by atoms with Gasteiger partial charge in [-0.05, 0) is 19.4 Å². The Morgan fingerprint density at radius 2 is 2.20 bits per heavy atom. The first-order valence-corrected chi connectivity index (χ1v) is 7.38. The number of fused-ring (bicyclic) bond motifs is 1. The molecular weight excluding hydrogens is 291 g/mol. The minimum absolute atomic E-state index is 0.181. The van der Waals surface area contributed by atoms with E-state index in [2.05, 4.69) is 21.5 Å². The molecule has 0 spiro atoms. The van der Waals surface area contributed by atoms with Crippen molar-refractivity contribution in [2.75, 3.05) is 18.0 Å². The van der Waals surface area contributed by atoms with Gasteiger partial charge in [0.15, 0.2) is 0 Å². The van der Waals surface area contributed by atoms with Gasteiger partial charge >= 0.3 is 0 Å². The molecule has 7 heteroatoms. The Kier molecular flexibility index (Phi) is 3.85. The van der Waals surface area contributed by atoms with Gasteiger partial charge in [0.2, 0.25) is 0 Å². The lowest BCUT2D eigenvalue weighted by atomic mass is 10.1. The smallest absolute Gasteiger partial charge is 0.259 e. The van der Waals surface area contributed by atoms with E-state index in [4.69, 9.17) is 11.0 Å². The summed E-state index contributed by atoms with van der Waals surface area (Å²) in [5.41, 5.74) is 8.01. The van der Waals surface area contributed by atoms with Gasteiger partial charge < -0.3 is 15.5 Å². The third-order valence-corrected chi connectivity index (χ3v) is 5.12. The number of anilines is 1. The van der Waals surface area contributed by atoms with Crippen LogP contribution in [0.15, 0.2) is 12.4 Å². The van der Waals surface area contributed by atoms with Gasteiger partial charge in [0.25, 0.3) is 5.91 Å². The van der Waals surface area contributed by atoms with Crippen LogP contribution < -0.4 is 10.6 Å². The highest BCUT2D eigenvalue weighted by molar-refractivity contribution is 7.24. The van der Waals surface area contributed by atoms with Gasteiger partial charge in [0.1, 0.15) is 17.4 Å². The van der Waals surface area contributed by atoms with Crippen molar-refractivity contribution in [1.29, 1.82) is 5.26 Å². The van der Waals surface area contributed by atoms with Crippen LogP contribution in [0.5, 0.6) is 0 Å². The molecule has 0 aromatic carbocycles. The van der Waals surface area contributed by atoms with E-state index in [1.54, 1.807) is 0 Å². The number of thiophene rings is 1. The molecule has 1 aromatic heterocycles. The van der Waals surface area contributed by atoms with E-state index in [9.17, 15) is 4.79 Å². The molecule has 0 saturated heterocycles. The van der Waals surface area contributed by atoms with Gasteiger partial charge in [-0.2, -0.15) is 5.26 Å². The Hall–Kier alpha value is -1.83. The molecule has 20 heavy (non-hydrogen) atoms. The van der Waals surface area contributed by atoms with Crippen molar-refractivity contribution in [1.82, 2.24) is 4.90 Å². The number of amides is 1. The summed E-state index contributed by atoms with van der Waals surface area (Å²) in [4.78, 5) is 15.8. The van der Waals surface area contributed by atoms with Gasteiger partial charge in [0.05, 0.1) is 16.4 Å². The second kappa shape index (κ2) is 5.28. The summed E-state index contributed by atoms with van der Waals surface area (Å²) in [6.07, 6.45) is 0. The number of hydrogen-bond acceptors (Lipinski definition) is 4. The van der Waals surface area contributed by atoms with Crippen molar-refractivity contribution in [2.45, 2.75) is 13.8 Å².